The van der Waals surface area contributed by atoms with Gasteiger partial charge in [-0.1, -0.05) is 70.5 Å². The SMILES string of the molecule is CC(C)CN1CCC(c2ccc(NC(=O)Nc3ccccc3N3CC4(CCN(CC(C)(C)C)CC4)c4c(Cl)c(F)cc(O)c43)cc2)CC1. The van der Waals surface area contributed by atoms with Crippen molar-refractivity contribution in [2.75, 3.05) is 61.3 Å². The highest BCUT2D eigenvalue weighted by Gasteiger charge is 2.49. The van der Waals surface area contributed by atoms with Gasteiger partial charge in [-0.25, -0.2) is 9.18 Å². The largest absolute Gasteiger partial charge is 0.506 e. The molecule has 48 heavy (non-hydrogen) atoms. The fourth-order valence-corrected chi connectivity index (χ4v) is 8.49. The normalized spacial score (nSPS) is 18.8. The Balaban J connectivity index is 1.17. The van der Waals surface area contributed by atoms with Crippen LogP contribution in [0.4, 0.5) is 31.9 Å². The van der Waals surface area contributed by atoms with Gasteiger partial charge < -0.3 is 30.4 Å². The van der Waals surface area contributed by atoms with Gasteiger partial charge in [0.15, 0.2) is 0 Å². The van der Waals surface area contributed by atoms with Crippen molar-refractivity contribution in [3.05, 3.63) is 76.6 Å². The van der Waals surface area contributed by atoms with Crippen molar-refractivity contribution in [3.63, 3.8) is 0 Å². The summed E-state index contributed by atoms with van der Waals surface area (Å²) in [6.07, 6.45) is 3.89. The lowest BCUT2D eigenvalue weighted by molar-refractivity contribution is 0.125. The predicted molar refractivity (Wildman–Crippen MR) is 196 cm³/mol. The van der Waals surface area contributed by atoms with Gasteiger partial charge in [-0.05, 0) is 98.9 Å². The molecule has 3 aromatic rings. The Morgan fingerprint density at radius 2 is 1.67 bits per heavy atom. The van der Waals surface area contributed by atoms with Crippen LogP contribution in [-0.2, 0) is 5.41 Å². The fourth-order valence-electron chi connectivity index (χ4n) is 8.15. The number of piperidine rings is 2. The van der Waals surface area contributed by atoms with Gasteiger partial charge in [-0.2, -0.15) is 0 Å². The lowest BCUT2D eigenvalue weighted by Gasteiger charge is -2.42. The van der Waals surface area contributed by atoms with Gasteiger partial charge in [-0.3, -0.25) is 0 Å². The highest BCUT2D eigenvalue weighted by Crippen LogP contribution is 2.57. The van der Waals surface area contributed by atoms with E-state index >= 15 is 4.39 Å². The molecule has 0 atom stereocenters. The number of nitrogens with one attached hydrogen (secondary N) is 2. The molecular formula is C39H51ClFN5O2. The van der Waals surface area contributed by atoms with Gasteiger partial charge in [0.1, 0.15) is 11.6 Å². The minimum atomic E-state index is -0.611. The van der Waals surface area contributed by atoms with Gasteiger partial charge in [0, 0.05) is 42.4 Å². The molecule has 9 heteroatoms. The Morgan fingerprint density at radius 1 is 1.00 bits per heavy atom. The predicted octanol–water partition coefficient (Wildman–Crippen LogP) is 9.20. The monoisotopic (exact) mass is 675 g/mol. The summed E-state index contributed by atoms with van der Waals surface area (Å²) in [5.41, 5.74) is 4.28. The number of para-hydroxylation sites is 2. The van der Waals surface area contributed by atoms with E-state index in [9.17, 15) is 9.90 Å². The van der Waals surface area contributed by atoms with Crippen LogP contribution in [0.3, 0.4) is 0 Å². The van der Waals surface area contributed by atoms with Crippen LogP contribution in [0.1, 0.15) is 77.3 Å². The van der Waals surface area contributed by atoms with Crippen molar-refractivity contribution in [2.24, 2.45) is 11.3 Å². The molecule has 0 aliphatic carbocycles. The molecule has 0 unspecified atom stereocenters. The number of fused-ring (bicyclic) bond motifs is 2. The van der Waals surface area contributed by atoms with Gasteiger partial charge in [0.25, 0.3) is 0 Å². The molecule has 3 aromatic carbocycles. The molecule has 258 valence electrons. The van der Waals surface area contributed by atoms with Crippen LogP contribution in [0, 0.1) is 17.2 Å². The summed E-state index contributed by atoms with van der Waals surface area (Å²) in [6.45, 7) is 17.9. The molecule has 2 saturated heterocycles. The Kier molecular flexibility index (Phi) is 9.99. The van der Waals surface area contributed by atoms with Gasteiger partial charge in [0.05, 0.1) is 22.1 Å². The number of anilines is 4. The van der Waals surface area contributed by atoms with Crippen LogP contribution in [0.5, 0.6) is 5.75 Å². The number of halogens is 2. The molecule has 3 heterocycles. The Bertz CT molecular complexity index is 1610. The topological polar surface area (TPSA) is 71.1 Å². The Labute approximate surface area is 290 Å². The van der Waals surface area contributed by atoms with E-state index in [1.807, 2.05) is 41.3 Å². The molecule has 2 fully saturated rings. The number of hydrogen-bond acceptors (Lipinski definition) is 5. The first-order chi connectivity index (χ1) is 22.8. The quantitative estimate of drug-likeness (QED) is 0.233. The summed E-state index contributed by atoms with van der Waals surface area (Å²) >= 11 is 6.72. The van der Waals surface area contributed by atoms with Crippen LogP contribution in [-0.4, -0.2) is 66.8 Å². The number of hydrogen-bond donors (Lipinski definition) is 3. The molecule has 0 saturated carbocycles. The van der Waals surface area contributed by atoms with Crippen molar-refractivity contribution >= 4 is 40.4 Å². The molecule has 1 spiro atoms. The zero-order valence-corrected chi connectivity index (χ0v) is 29.8. The van der Waals surface area contributed by atoms with E-state index in [0.717, 1.165) is 82.4 Å². The third-order valence-corrected chi connectivity index (χ3v) is 10.6. The molecule has 3 aliphatic heterocycles. The molecule has 2 amide bonds. The number of phenolic OH excluding ortho intramolecular Hbond substituents is 1. The average molecular weight is 676 g/mol. The minimum Gasteiger partial charge on any atom is -0.506 e. The molecule has 6 rings (SSSR count). The second-order valence-corrected chi connectivity index (χ2v) is 16.2. The molecule has 3 N–H and O–H groups in total. The number of phenols is 1. The van der Waals surface area contributed by atoms with E-state index in [2.05, 4.69) is 67.2 Å². The number of nitrogens with zero attached hydrogens (tertiary/aromatic N) is 3. The second-order valence-electron chi connectivity index (χ2n) is 15.8. The van der Waals surface area contributed by atoms with Crippen molar-refractivity contribution in [1.29, 1.82) is 0 Å². The van der Waals surface area contributed by atoms with Gasteiger partial charge in [0.2, 0.25) is 0 Å². The fraction of sp³-hybridized carbons (Fsp3) is 0.513. The smallest absolute Gasteiger partial charge is 0.323 e. The van der Waals surface area contributed by atoms with E-state index < -0.39 is 11.2 Å². The van der Waals surface area contributed by atoms with Crippen LogP contribution in [0.15, 0.2) is 54.6 Å². The standard InChI is InChI=1S/C39H51ClFN5O2/c1-26(2)23-44-18-14-28(15-19-44)27-10-12-29(13-11-27)42-37(48)43-31-8-6-7-9-32(31)46-25-39(16-20-45(21-17-39)24-38(3,4)5)34-35(40)30(41)22-33(47)36(34)46/h6-13,22,26,28,47H,14-21,23-25H2,1-5H3,(H2,42,43,48). The number of amides is 2. The maximum atomic E-state index is 15.1. The third-order valence-electron chi connectivity index (χ3n) is 10.2. The number of urea groups is 1. The van der Waals surface area contributed by atoms with Crippen molar-refractivity contribution < 1.29 is 14.3 Å². The maximum absolute atomic E-state index is 15.1. The van der Waals surface area contributed by atoms with Gasteiger partial charge in [-0.15, -0.1) is 0 Å². The highest BCUT2D eigenvalue weighted by molar-refractivity contribution is 6.32. The summed E-state index contributed by atoms with van der Waals surface area (Å²) in [5, 5.41) is 17.3. The highest BCUT2D eigenvalue weighted by atomic mass is 35.5. The van der Waals surface area contributed by atoms with E-state index in [1.165, 1.54) is 5.56 Å². The summed E-state index contributed by atoms with van der Waals surface area (Å²) < 4.78 is 15.1. The molecule has 3 aliphatic rings. The zero-order valence-electron chi connectivity index (χ0n) is 29.1. The van der Waals surface area contributed by atoms with E-state index in [0.29, 0.717) is 35.3 Å². The van der Waals surface area contributed by atoms with E-state index in [4.69, 9.17) is 11.6 Å². The number of likely N-dealkylation sites (tertiary alicyclic amines) is 2. The summed E-state index contributed by atoms with van der Waals surface area (Å²) in [6, 6.07) is 16.5. The molecule has 0 bridgehead atoms. The van der Waals surface area contributed by atoms with Crippen LogP contribution < -0.4 is 15.5 Å². The summed E-state index contributed by atoms with van der Waals surface area (Å²) in [5.74, 6) is 0.467. The van der Waals surface area contributed by atoms with Crippen LogP contribution in [0.25, 0.3) is 0 Å². The Hall–Kier alpha value is -3.33. The number of carbonyl (C=O) groups is 1. The maximum Gasteiger partial charge on any atom is 0.323 e. The first-order valence-corrected chi connectivity index (χ1v) is 17.9. The van der Waals surface area contributed by atoms with Gasteiger partial charge >= 0.3 is 6.03 Å². The zero-order chi connectivity index (χ0) is 34.2. The molecule has 7 nitrogen and oxygen atoms in total. The lowest BCUT2D eigenvalue weighted by Crippen LogP contribution is -2.47. The number of aromatic hydroxyl groups is 1. The minimum absolute atomic E-state index is 0.0716. The van der Waals surface area contributed by atoms with Crippen molar-refractivity contribution in [1.82, 2.24) is 9.80 Å². The summed E-state index contributed by atoms with van der Waals surface area (Å²) in [7, 11) is 0. The lowest BCUT2D eigenvalue weighted by atomic mass is 9.73. The second kappa shape index (κ2) is 13.9. The summed E-state index contributed by atoms with van der Waals surface area (Å²) in [4.78, 5) is 20.4. The van der Waals surface area contributed by atoms with E-state index in [-0.39, 0.29) is 22.2 Å². The molecule has 0 aromatic heterocycles. The van der Waals surface area contributed by atoms with Crippen LogP contribution >= 0.6 is 11.6 Å². The molecular weight excluding hydrogens is 625 g/mol. The number of carbonyl (C=O) groups excluding carboxylic acids is 1. The Morgan fingerprint density at radius 3 is 2.31 bits per heavy atom. The van der Waals surface area contributed by atoms with Crippen molar-refractivity contribution in [2.45, 2.75) is 71.6 Å². The number of rotatable bonds is 7. The first kappa shape index (κ1) is 34.5. The number of benzene rings is 3. The van der Waals surface area contributed by atoms with E-state index in [1.54, 1.807) is 0 Å². The molecule has 0 radical (unpaired) electrons. The third kappa shape index (κ3) is 7.46. The first-order valence-electron chi connectivity index (χ1n) is 17.5. The van der Waals surface area contributed by atoms with Crippen LogP contribution in [0.2, 0.25) is 5.02 Å². The van der Waals surface area contributed by atoms with Crippen molar-refractivity contribution in [3.8, 4) is 5.75 Å². The average Bonchev–Trinajstić information content (AvgIpc) is 3.36.